The first-order chi connectivity index (χ1) is 8.26. The van der Waals surface area contributed by atoms with E-state index in [9.17, 15) is 0 Å². The second-order valence-corrected chi connectivity index (χ2v) is 3.37. The van der Waals surface area contributed by atoms with Gasteiger partial charge in [0.15, 0.2) is 11.5 Å². The quantitative estimate of drug-likeness (QED) is 0.733. The normalized spacial score (nSPS) is 10.1. The molecule has 0 saturated heterocycles. The molecule has 17 heavy (non-hydrogen) atoms. The first-order valence-corrected chi connectivity index (χ1v) is 5.46. The molecule has 0 aromatic heterocycles. The largest absolute Gasteiger partial charge is 0.496 e. The molecule has 0 aliphatic carbocycles. The highest BCUT2D eigenvalue weighted by Crippen LogP contribution is 2.35. The summed E-state index contributed by atoms with van der Waals surface area (Å²) in [6, 6.07) is 3.69. The van der Waals surface area contributed by atoms with Crippen LogP contribution in [0, 0.1) is 0 Å². The van der Waals surface area contributed by atoms with E-state index in [1.54, 1.807) is 20.3 Å². The molecule has 0 atom stereocenters. The smallest absolute Gasteiger partial charge is 0.164 e. The summed E-state index contributed by atoms with van der Waals surface area (Å²) in [5.74, 6) is 7.11. The van der Waals surface area contributed by atoms with E-state index in [-0.39, 0.29) is 0 Å². The van der Waals surface area contributed by atoms with E-state index in [0.717, 1.165) is 11.3 Å². The molecular formula is C12H19NO4. The van der Waals surface area contributed by atoms with Gasteiger partial charge in [0.2, 0.25) is 0 Å². The fraction of sp³-hybridized carbons (Fsp3) is 0.500. The lowest BCUT2D eigenvalue weighted by molar-refractivity contribution is 0.140. The second-order valence-electron chi connectivity index (χ2n) is 3.37. The molecule has 0 radical (unpaired) electrons. The summed E-state index contributed by atoms with van der Waals surface area (Å²) in [6.45, 7) is 2.93. The maximum atomic E-state index is 5.50. The molecule has 0 amide bonds. The highest BCUT2D eigenvalue weighted by Gasteiger charge is 2.11. The standard InChI is InChI=1S/C12H19NO4/c1-4-16-12-7-9(5-6-17-13)10(14-2)8-11(12)15-3/h7-8H,4-6,13H2,1-3H3. The van der Waals surface area contributed by atoms with Crippen LogP contribution in [0.3, 0.4) is 0 Å². The van der Waals surface area contributed by atoms with Gasteiger partial charge < -0.3 is 19.0 Å². The summed E-state index contributed by atoms with van der Waals surface area (Å²) in [5.41, 5.74) is 0.974. The van der Waals surface area contributed by atoms with Crippen LogP contribution >= 0.6 is 0 Å². The number of ether oxygens (including phenoxy) is 3. The van der Waals surface area contributed by atoms with Crippen molar-refractivity contribution >= 4 is 0 Å². The Morgan fingerprint density at radius 3 is 2.29 bits per heavy atom. The first-order valence-electron chi connectivity index (χ1n) is 5.46. The van der Waals surface area contributed by atoms with Crippen LogP contribution in [-0.4, -0.2) is 27.4 Å². The van der Waals surface area contributed by atoms with E-state index in [1.165, 1.54) is 0 Å². The Morgan fingerprint density at radius 2 is 1.76 bits per heavy atom. The number of rotatable bonds is 7. The van der Waals surface area contributed by atoms with E-state index in [2.05, 4.69) is 4.84 Å². The van der Waals surface area contributed by atoms with Crippen LogP contribution in [0.1, 0.15) is 12.5 Å². The van der Waals surface area contributed by atoms with Crippen LogP contribution in [0.2, 0.25) is 0 Å². The second kappa shape index (κ2) is 6.98. The summed E-state index contributed by atoms with van der Waals surface area (Å²) in [6.07, 6.45) is 0.656. The van der Waals surface area contributed by atoms with Gasteiger partial charge in [-0.1, -0.05) is 0 Å². The zero-order valence-electron chi connectivity index (χ0n) is 10.5. The SMILES string of the molecule is CCOc1cc(CCON)c(OC)cc1OC. The Kier molecular flexibility index (Phi) is 5.59. The summed E-state index contributed by atoms with van der Waals surface area (Å²) in [7, 11) is 3.21. The Hall–Kier alpha value is -1.46. The summed E-state index contributed by atoms with van der Waals surface area (Å²) < 4.78 is 16.0. The highest BCUT2D eigenvalue weighted by atomic mass is 16.6. The minimum absolute atomic E-state index is 0.425. The van der Waals surface area contributed by atoms with Gasteiger partial charge >= 0.3 is 0 Å². The average Bonchev–Trinajstić information content (AvgIpc) is 2.36. The predicted octanol–water partition coefficient (Wildman–Crippen LogP) is 1.54. The van der Waals surface area contributed by atoms with Gasteiger partial charge in [-0.25, -0.2) is 5.90 Å². The monoisotopic (exact) mass is 241 g/mol. The third kappa shape index (κ3) is 3.51. The van der Waals surface area contributed by atoms with E-state index in [1.807, 2.05) is 13.0 Å². The molecule has 1 aromatic rings. The molecule has 1 rings (SSSR count). The van der Waals surface area contributed by atoms with Crippen LogP contribution in [0.5, 0.6) is 17.2 Å². The number of methoxy groups -OCH3 is 2. The third-order valence-corrected chi connectivity index (χ3v) is 2.36. The van der Waals surface area contributed by atoms with Crippen LogP contribution in [0.4, 0.5) is 0 Å². The molecule has 1 aromatic carbocycles. The lowest BCUT2D eigenvalue weighted by atomic mass is 10.1. The molecule has 0 aliphatic rings. The minimum atomic E-state index is 0.425. The summed E-state index contributed by atoms with van der Waals surface area (Å²) >= 11 is 0. The molecular weight excluding hydrogens is 222 g/mol. The fourth-order valence-corrected chi connectivity index (χ4v) is 1.57. The van der Waals surface area contributed by atoms with Crippen molar-refractivity contribution in [2.75, 3.05) is 27.4 Å². The van der Waals surface area contributed by atoms with Gasteiger partial charge in [0.25, 0.3) is 0 Å². The van der Waals surface area contributed by atoms with Crippen molar-refractivity contribution in [3.63, 3.8) is 0 Å². The lowest BCUT2D eigenvalue weighted by Crippen LogP contribution is -2.06. The number of nitrogens with two attached hydrogens (primary N) is 1. The van der Waals surface area contributed by atoms with Crippen LogP contribution in [-0.2, 0) is 11.3 Å². The van der Waals surface area contributed by atoms with E-state index >= 15 is 0 Å². The van der Waals surface area contributed by atoms with Gasteiger partial charge in [-0.3, -0.25) is 0 Å². The Balaban J connectivity index is 3.04. The summed E-state index contributed by atoms with van der Waals surface area (Å²) in [4.78, 5) is 4.57. The van der Waals surface area contributed by atoms with Crippen LogP contribution in [0.25, 0.3) is 0 Å². The molecule has 2 N–H and O–H groups in total. The molecule has 5 heteroatoms. The zero-order chi connectivity index (χ0) is 12.7. The Morgan fingerprint density at radius 1 is 1.06 bits per heavy atom. The van der Waals surface area contributed by atoms with Crippen molar-refractivity contribution < 1.29 is 19.0 Å². The molecule has 0 saturated carbocycles. The topological polar surface area (TPSA) is 62.9 Å². The predicted molar refractivity (Wildman–Crippen MR) is 64.6 cm³/mol. The summed E-state index contributed by atoms with van der Waals surface area (Å²) in [5, 5.41) is 0. The number of hydrogen-bond acceptors (Lipinski definition) is 5. The van der Waals surface area contributed by atoms with Gasteiger partial charge in [0.05, 0.1) is 27.4 Å². The highest BCUT2D eigenvalue weighted by molar-refractivity contribution is 5.50. The third-order valence-electron chi connectivity index (χ3n) is 2.36. The van der Waals surface area contributed by atoms with Crippen molar-refractivity contribution in [3.8, 4) is 17.2 Å². The maximum Gasteiger partial charge on any atom is 0.164 e. The molecule has 5 nitrogen and oxygen atoms in total. The van der Waals surface area contributed by atoms with Crippen molar-refractivity contribution in [2.24, 2.45) is 5.90 Å². The van der Waals surface area contributed by atoms with Crippen LogP contribution in [0.15, 0.2) is 12.1 Å². The first kappa shape index (κ1) is 13.6. The minimum Gasteiger partial charge on any atom is -0.496 e. The van der Waals surface area contributed by atoms with Gasteiger partial charge in [-0.2, -0.15) is 0 Å². The van der Waals surface area contributed by atoms with Crippen molar-refractivity contribution in [1.82, 2.24) is 0 Å². The van der Waals surface area contributed by atoms with Crippen molar-refractivity contribution in [1.29, 1.82) is 0 Å². The Labute approximate surface area is 101 Å². The average molecular weight is 241 g/mol. The van der Waals surface area contributed by atoms with Gasteiger partial charge in [-0.05, 0) is 13.0 Å². The molecule has 0 bridgehead atoms. The van der Waals surface area contributed by atoms with E-state index in [4.69, 9.17) is 20.1 Å². The Bertz CT molecular complexity index is 355. The van der Waals surface area contributed by atoms with Crippen molar-refractivity contribution in [2.45, 2.75) is 13.3 Å². The molecule has 0 aliphatic heterocycles. The van der Waals surface area contributed by atoms with Gasteiger partial charge in [0.1, 0.15) is 5.75 Å². The number of hydrogen-bond donors (Lipinski definition) is 1. The van der Waals surface area contributed by atoms with E-state index < -0.39 is 0 Å². The van der Waals surface area contributed by atoms with Crippen LogP contribution < -0.4 is 20.1 Å². The molecule has 0 spiro atoms. The maximum absolute atomic E-state index is 5.50. The van der Waals surface area contributed by atoms with Gasteiger partial charge in [0, 0.05) is 18.1 Å². The van der Waals surface area contributed by atoms with E-state index in [0.29, 0.717) is 31.1 Å². The van der Waals surface area contributed by atoms with Gasteiger partial charge in [-0.15, -0.1) is 0 Å². The molecule has 0 unspecified atom stereocenters. The molecule has 0 fully saturated rings. The molecule has 96 valence electrons. The van der Waals surface area contributed by atoms with Crippen molar-refractivity contribution in [3.05, 3.63) is 17.7 Å². The molecule has 0 heterocycles. The number of benzene rings is 1. The fourth-order valence-electron chi connectivity index (χ4n) is 1.57. The zero-order valence-corrected chi connectivity index (χ0v) is 10.5. The lowest BCUT2D eigenvalue weighted by Gasteiger charge is -2.14.